The molecule has 32 heavy (non-hydrogen) atoms. The number of halogens is 1. The zero-order valence-electron chi connectivity index (χ0n) is 18.9. The van der Waals surface area contributed by atoms with E-state index in [0.29, 0.717) is 23.7 Å². The van der Waals surface area contributed by atoms with Gasteiger partial charge in [-0.2, -0.15) is 0 Å². The van der Waals surface area contributed by atoms with Crippen molar-refractivity contribution in [3.05, 3.63) is 77.6 Å². The van der Waals surface area contributed by atoms with Gasteiger partial charge in [0.15, 0.2) is 0 Å². The monoisotopic (exact) mass is 436 g/mol. The molecule has 0 aliphatic heterocycles. The number of rotatable bonds is 9. The van der Waals surface area contributed by atoms with Crippen molar-refractivity contribution in [2.24, 2.45) is 0 Å². The molecule has 0 saturated heterocycles. The van der Waals surface area contributed by atoms with Crippen LogP contribution in [0.25, 0.3) is 22.3 Å². The van der Waals surface area contributed by atoms with Crippen molar-refractivity contribution < 1.29 is 23.7 Å². The minimum Gasteiger partial charge on any atom is -0.496 e. The van der Waals surface area contributed by atoms with E-state index in [1.807, 2.05) is 30.3 Å². The highest BCUT2D eigenvalue weighted by molar-refractivity contribution is 5.85. The summed E-state index contributed by atoms with van der Waals surface area (Å²) in [6.45, 7) is 4.49. The number of hydrogen-bond donors (Lipinski definition) is 1. The predicted molar refractivity (Wildman–Crippen MR) is 126 cm³/mol. The van der Waals surface area contributed by atoms with Crippen molar-refractivity contribution in [2.75, 3.05) is 20.8 Å². The molecule has 0 aliphatic carbocycles. The fraction of sp³-hybridized carbons (Fsp3) is 0.259. The van der Waals surface area contributed by atoms with Gasteiger partial charge in [-0.15, -0.1) is 0 Å². The molecule has 3 rings (SSSR count). The third kappa shape index (κ3) is 5.29. The van der Waals surface area contributed by atoms with Crippen LogP contribution in [0.3, 0.4) is 0 Å². The van der Waals surface area contributed by atoms with Gasteiger partial charge in [0.25, 0.3) is 0 Å². The molecule has 3 aromatic carbocycles. The van der Waals surface area contributed by atoms with E-state index in [9.17, 15) is 9.50 Å². The molecule has 0 radical (unpaired) electrons. The average Bonchev–Trinajstić information content (AvgIpc) is 2.81. The SMILES string of the molecule is COc1cc(-c2ccc(F)cc2)c(OC)c(CO)c1-c1ccc(OCCC=C(C)C)cc1. The maximum atomic E-state index is 13.4. The van der Waals surface area contributed by atoms with Crippen molar-refractivity contribution in [1.29, 1.82) is 0 Å². The zero-order valence-corrected chi connectivity index (χ0v) is 18.9. The molecule has 0 bridgehead atoms. The fourth-order valence-corrected chi connectivity index (χ4v) is 3.64. The highest BCUT2D eigenvalue weighted by Gasteiger charge is 2.21. The molecular formula is C27H29FO4. The molecule has 0 aromatic heterocycles. The molecular weight excluding hydrogens is 407 g/mol. The van der Waals surface area contributed by atoms with Crippen LogP contribution < -0.4 is 14.2 Å². The third-order valence-corrected chi connectivity index (χ3v) is 5.16. The van der Waals surface area contributed by atoms with Crippen molar-refractivity contribution in [2.45, 2.75) is 26.9 Å². The van der Waals surface area contributed by atoms with Crippen molar-refractivity contribution in [1.82, 2.24) is 0 Å². The smallest absolute Gasteiger partial charge is 0.133 e. The topological polar surface area (TPSA) is 47.9 Å². The number of ether oxygens (including phenoxy) is 3. The minimum atomic E-state index is -0.318. The van der Waals surface area contributed by atoms with Crippen molar-refractivity contribution in [3.63, 3.8) is 0 Å². The van der Waals surface area contributed by atoms with Crippen LogP contribution in [0.15, 0.2) is 66.2 Å². The van der Waals surface area contributed by atoms with E-state index in [1.54, 1.807) is 26.4 Å². The number of hydrogen-bond acceptors (Lipinski definition) is 4. The summed E-state index contributed by atoms with van der Waals surface area (Å²) in [7, 11) is 3.14. The molecule has 0 atom stereocenters. The summed E-state index contributed by atoms with van der Waals surface area (Å²) in [5.74, 6) is 1.57. The van der Waals surface area contributed by atoms with Gasteiger partial charge in [0.1, 0.15) is 23.1 Å². The lowest BCUT2D eigenvalue weighted by molar-refractivity contribution is 0.273. The van der Waals surface area contributed by atoms with Gasteiger partial charge >= 0.3 is 0 Å². The van der Waals surface area contributed by atoms with E-state index >= 15 is 0 Å². The molecule has 0 fully saturated rings. The van der Waals surface area contributed by atoms with Gasteiger partial charge in [-0.05, 0) is 61.7 Å². The van der Waals surface area contributed by atoms with E-state index in [1.165, 1.54) is 17.7 Å². The van der Waals surface area contributed by atoms with Gasteiger partial charge in [0.2, 0.25) is 0 Å². The molecule has 0 amide bonds. The Bertz CT molecular complexity index is 1070. The Hall–Kier alpha value is -3.31. The van der Waals surface area contributed by atoms with E-state index < -0.39 is 0 Å². The Balaban J connectivity index is 2.00. The van der Waals surface area contributed by atoms with Crippen LogP contribution in [-0.2, 0) is 6.61 Å². The maximum absolute atomic E-state index is 13.4. The summed E-state index contributed by atoms with van der Waals surface area (Å²) >= 11 is 0. The number of benzene rings is 3. The van der Waals surface area contributed by atoms with Crippen molar-refractivity contribution >= 4 is 0 Å². The molecule has 168 valence electrons. The largest absolute Gasteiger partial charge is 0.496 e. The molecule has 0 heterocycles. The second-order valence-electron chi connectivity index (χ2n) is 7.62. The Morgan fingerprint density at radius 3 is 2.16 bits per heavy atom. The van der Waals surface area contributed by atoms with Gasteiger partial charge in [0.05, 0.1) is 27.4 Å². The van der Waals surface area contributed by atoms with E-state index in [4.69, 9.17) is 14.2 Å². The van der Waals surface area contributed by atoms with Gasteiger partial charge in [0, 0.05) is 16.7 Å². The minimum absolute atomic E-state index is 0.245. The van der Waals surface area contributed by atoms with Crippen LogP contribution in [-0.4, -0.2) is 25.9 Å². The highest BCUT2D eigenvalue weighted by atomic mass is 19.1. The predicted octanol–water partition coefficient (Wildman–Crippen LogP) is 6.40. The summed E-state index contributed by atoms with van der Waals surface area (Å²) in [5, 5.41) is 10.2. The molecule has 1 N–H and O–H groups in total. The lowest BCUT2D eigenvalue weighted by atomic mass is 9.92. The van der Waals surface area contributed by atoms with E-state index in [0.717, 1.165) is 34.4 Å². The molecule has 0 saturated carbocycles. The lowest BCUT2D eigenvalue weighted by Gasteiger charge is -2.20. The molecule has 0 spiro atoms. The van der Waals surface area contributed by atoms with Crippen LogP contribution in [0.1, 0.15) is 25.8 Å². The zero-order chi connectivity index (χ0) is 23.1. The van der Waals surface area contributed by atoms with E-state index in [-0.39, 0.29) is 12.4 Å². The van der Waals surface area contributed by atoms with Gasteiger partial charge in [-0.1, -0.05) is 35.9 Å². The Labute approximate surface area is 188 Å². The van der Waals surface area contributed by atoms with Gasteiger partial charge < -0.3 is 19.3 Å². The second kappa shape index (κ2) is 10.8. The Kier molecular flexibility index (Phi) is 7.90. The van der Waals surface area contributed by atoms with Crippen molar-refractivity contribution in [3.8, 4) is 39.5 Å². The summed E-state index contributed by atoms with van der Waals surface area (Å²) in [5.41, 5.74) is 4.97. The number of aliphatic hydroxyl groups excluding tert-OH is 1. The third-order valence-electron chi connectivity index (χ3n) is 5.16. The highest BCUT2D eigenvalue weighted by Crippen LogP contribution is 2.45. The standard InChI is InChI=1S/C27H29FO4/c1-18(2)6-5-15-32-22-13-9-20(10-14-22)26-24(17-29)27(31-4)23(16-25(26)30-3)19-7-11-21(28)12-8-19/h6-14,16,29H,5,15,17H2,1-4H3. The van der Waals surface area contributed by atoms with Gasteiger partial charge in [-0.25, -0.2) is 4.39 Å². The summed E-state index contributed by atoms with van der Waals surface area (Å²) in [6, 6.07) is 15.7. The fourth-order valence-electron chi connectivity index (χ4n) is 3.64. The van der Waals surface area contributed by atoms with Crippen LogP contribution in [0.2, 0.25) is 0 Å². The van der Waals surface area contributed by atoms with Crippen LogP contribution in [0, 0.1) is 5.82 Å². The quantitative estimate of drug-likeness (QED) is 0.311. The molecule has 0 aliphatic rings. The first kappa shape index (κ1) is 23.4. The van der Waals surface area contributed by atoms with Gasteiger partial charge in [-0.3, -0.25) is 0 Å². The van der Waals surface area contributed by atoms with Crippen LogP contribution in [0.4, 0.5) is 4.39 Å². The average molecular weight is 437 g/mol. The summed E-state index contributed by atoms with van der Waals surface area (Å²) < 4.78 is 30.6. The first-order valence-electron chi connectivity index (χ1n) is 10.5. The number of methoxy groups -OCH3 is 2. The second-order valence-corrected chi connectivity index (χ2v) is 7.62. The first-order chi connectivity index (χ1) is 15.5. The Morgan fingerprint density at radius 2 is 1.59 bits per heavy atom. The van der Waals surface area contributed by atoms with Crippen LogP contribution >= 0.6 is 0 Å². The number of aliphatic hydroxyl groups is 1. The summed E-state index contributed by atoms with van der Waals surface area (Å²) in [4.78, 5) is 0. The number of allylic oxidation sites excluding steroid dienone is 1. The molecule has 4 nitrogen and oxygen atoms in total. The molecule has 5 heteroatoms. The summed E-state index contributed by atoms with van der Waals surface area (Å²) in [6.07, 6.45) is 3.00. The maximum Gasteiger partial charge on any atom is 0.133 e. The first-order valence-corrected chi connectivity index (χ1v) is 10.5. The Morgan fingerprint density at radius 1 is 0.938 bits per heavy atom. The normalized spacial score (nSPS) is 10.6. The molecule has 0 unspecified atom stereocenters. The van der Waals surface area contributed by atoms with Crippen LogP contribution in [0.5, 0.6) is 17.2 Å². The van der Waals surface area contributed by atoms with E-state index in [2.05, 4.69) is 19.9 Å². The lowest BCUT2D eigenvalue weighted by Crippen LogP contribution is -2.02. The molecule has 3 aromatic rings.